The molecule has 32 heavy (non-hydrogen) atoms. The molecule has 0 aromatic heterocycles. The highest BCUT2D eigenvalue weighted by atomic mass is 33.1. The second-order valence-electron chi connectivity index (χ2n) is 9.75. The monoisotopic (exact) mass is 497 g/mol. The molecule has 194 valence electrons. The Bertz CT molecular complexity index is 394. The van der Waals surface area contributed by atoms with Crippen molar-refractivity contribution in [3.05, 3.63) is 0 Å². The minimum Gasteiger partial charge on any atom is -0.379 e. The Morgan fingerprint density at radius 2 is 1.19 bits per heavy atom. The van der Waals surface area contributed by atoms with Crippen LogP contribution in [0.4, 0.5) is 0 Å². The quantitative estimate of drug-likeness (QED) is 0.121. The van der Waals surface area contributed by atoms with Gasteiger partial charge >= 0.3 is 0 Å². The molecule has 0 aliphatic rings. The molecule has 0 spiro atoms. The van der Waals surface area contributed by atoms with E-state index >= 15 is 0 Å². The first kappa shape index (κ1) is 32.5. The van der Waals surface area contributed by atoms with Crippen LogP contribution in [0.3, 0.4) is 0 Å². The minimum absolute atomic E-state index is 0.165. The largest absolute Gasteiger partial charge is 0.379 e. The van der Waals surface area contributed by atoms with E-state index in [1.54, 1.807) is 10.8 Å². The second-order valence-corrected chi connectivity index (χ2v) is 13.2. The van der Waals surface area contributed by atoms with Gasteiger partial charge in [0.15, 0.2) is 0 Å². The van der Waals surface area contributed by atoms with Crippen molar-refractivity contribution in [2.75, 3.05) is 66.0 Å². The Balaban J connectivity index is 4.01. The van der Waals surface area contributed by atoms with Crippen LogP contribution in [-0.4, -0.2) is 81.7 Å². The Kier molecular flexibility index (Phi) is 20.0. The summed E-state index contributed by atoms with van der Waals surface area (Å²) in [6.07, 6.45) is 1.90. The predicted octanol–water partition coefficient (Wildman–Crippen LogP) is 5.40. The molecule has 1 atom stereocenters. The van der Waals surface area contributed by atoms with E-state index in [4.69, 9.17) is 23.7 Å². The molecular formula is C24H51NO5S2. The maximum atomic E-state index is 6.22. The molecule has 1 N–H and O–H groups in total. The van der Waals surface area contributed by atoms with Crippen LogP contribution in [0.25, 0.3) is 0 Å². The third kappa shape index (κ3) is 23.6. The van der Waals surface area contributed by atoms with Crippen LogP contribution in [0.15, 0.2) is 0 Å². The van der Waals surface area contributed by atoms with Gasteiger partial charge in [0, 0.05) is 30.4 Å². The lowest BCUT2D eigenvalue weighted by Crippen LogP contribution is -2.29. The molecule has 0 amide bonds. The SMILES string of the molecule is CC(C)CCOCCOCCOC(C)(CCOCCOCCNC(C)C)SSC(C)(C)C. The first-order valence-corrected chi connectivity index (χ1v) is 14.2. The van der Waals surface area contributed by atoms with Crippen molar-refractivity contribution < 1.29 is 23.7 Å². The highest BCUT2D eigenvalue weighted by Gasteiger charge is 2.29. The fourth-order valence-electron chi connectivity index (χ4n) is 2.31. The lowest BCUT2D eigenvalue weighted by molar-refractivity contribution is -0.0335. The van der Waals surface area contributed by atoms with E-state index in [9.17, 15) is 0 Å². The molecule has 0 heterocycles. The average Bonchev–Trinajstić information content (AvgIpc) is 2.69. The van der Waals surface area contributed by atoms with E-state index in [1.807, 2.05) is 10.8 Å². The first-order valence-electron chi connectivity index (χ1n) is 12.1. The standard InChI is InChI=1S/C24H51NO5S2/c1-21(2)9-12-26-15-18-29-19-20-30-24(8,32-31-23(5,6)7)10-13-27-16-17-28-14-11-25-22(3)4/h21-22,25H,9-20H2,1-8H3. The van der Waals surface area contributed by atoms with Crippen LogP contribution >= 0.6 is 21.6 Å². The highest BCUT2D eigenvalue weighted by molar-refractivity contribution is 8.77. The van der Waals surface area contributed by atoms with E-state index in [1.165, 1.54) is 0 Å². The maximum Gasteiger partial charge on any atom is 0.123 e. The van der Waals surface area contributed by atoms with Crippen LogP contribution in [0, 0.1) is 5.92 Å². The van der Waals surface area contributed by atoms with Crippen LogP contribution in [0.2, 0.25) is 0 Å². The smallest absolute Gasteiger partial charge is 0.123 e. The zero-order valence-corrected chi connectivity index (χ0v) is 23.6. The van der Waals surface area contributed by atoms with Gasteiger partial charge in [-0.15, -0.1) is 0 Å². The van der Waals surface area contributed by atoms with Crippen LogP contribution in [0.5, 0.6) is 0 Å². The third-order valence-corrected chi connectivity index (χ3v) is 8.25. The summed E-state index contributed by atoms with van der Waals surface area (Å²) < 4.78 is 29.0. The fraction of sp³-hybridized carbons (Fsp3) is 1.00. The van der Waals surface area contributed by atoms with Crippen molar-refractivity contribution in [3.8, 4) is 0 Å². The second kappa shape index (κ2) is 19.7. The summed E-state index contributed by atoms with van der Waals surface area (Å²) in [7, 11) is 3.62. The highest BCUT2D eigenvalue weighted by Crippen LogP contribution is 2.45. The number of ether oxygens (including phenoxy) is 5. The van der Waals surface area contributed by atoms with Crippen molar-refractivity contribution in [1.82, 2.24) is 5.32 Å². The molecule has 8 heteroatoms. The lowest BCUT2D eigenvalue weighted by Gasteiger charge is -2.31. The number of hydrogen-bond acceptors (Lipinski definition) is 8. The van der Waals surface area contributed by atoms with Crippen molar-refractivity contribution in [1.29, 1.82) is 0 Å². The Morgan fingerprint density at radius 1 is 0.656 bits per heavy atom. The van der Waals surface area contributed by atoms with Gasteiger partial charge in [-0.1, -0.05) is 70.1 Å². The van der Waals surface area contributed by atoms with Crippen LogP contribution in [-0.2, 0) is 23.7 Å². The first-order chi connectivity index (χ1) is 15.0. The van der Waals surface area contributed by atoms with E-state index in [0.717, 1.165) is 26.0 Å². The van der Waals surface area contributed by atoms with E-state index in [2.05, 4.69) is 60.7 Å². The van der Waals surface area contributed by atoms with Crippen molar-refractivity contribution in [2.24, 2.45) is 5.92 Å². The maximum absolute atomic E-state index is 6.22. The van der Waals surface area contributed by atoms with Gasteiger partial charge in [-0.2, -0.15) is 0 Å². The van der Waals surface area contributed by atoms with E-state index in [0.29, 0.717) is 64.8 Å². The van der Waals surface area contributed by atoms with E-state index < -0.39 is 0 Å². The van der Waals surface area contributed by atoms with Crippen LogP contribution < -0.4 is 5.32 Å². The van der Waals surface area contributed by atoms with Gasteiger partial charge in [0.2, 0.25) is 0 Å². The minimum atomic E-state index is -0.322. The molecule has 1 unspecified atom stereocenters. The van der Waals surface area contributed by atoms with Gasteiger partial charge in [0.05, 0.1) is 52.9 Å². The van der Waals surface area contributed by atoms with Crippen LogP contribution in [0.1, 0.15) is 68.2 Å². The topological polar surface area (TPSA) is 58.2 Å². The molecule has 0 aliphatic carbocycles. The summed E-state index contributed by atoms with van der Waals surface area (Å²) in [4.78, 5) is -0.322. The molecule has 0 rings (SSSR count). The fourth-order valence-corrected chi connectivity index (χ4v) is 4.71. The molecule has 0 saturated heterocycles. The summed E-state index contributed by atoms with van der Waals surface area (Å²) in [6, 6.07) is 0.490. The van der Waals surface area contributed by atoms with Gasteiger partial charge in [-0.25, -0.2) is 0 Å². The van der Waals surface area contributed by atoms with Crippen molar-refractivity contribution >= 4 is 21.6 Å². The molecule has 0 aromatic rings. The summed E-state index contributed by atoms with van der Waals surface area (Å²) >= 11 is 0. The normalized spacial score (nSPS) is 14.4. The molecule has 0 aliphatic heterocycles. The Morgan fingerprint density at radius 3 is 1.75 bits per heavy atom. The van der Waals surface area contributed by atoms with Gasteiger partial charge in [-0.3, -0.25) is 0 Å². The van der Waals surface area contributed by atoms with E-state index in [-0.39, 0.29) is 9.68 Å². The summed E-state index contributed by atoms with van der Waals surface area (Å²) in [5.74, 6) is 0.675. The molecule has 0 radical (unpaired) electrons. The predicted molar refractivity (Wildman–Crippen MR) is 140 cm³/mol. The van der Waals surface area contributed by atoms with Crippen molar-refractivity contribution in [3.63, 3.8) is 0 Å². The summed E-state index contributed by atoms with van der Waals surface area (Å²) in [5, 5.41) is 3.33. The zero-order chi connectivity index (χ0) is 24.3. The van der Waals surface area contributed by atoms with Gasteiger partial charge in [0.25, 0.3) is 0 Å². The Hall–Kier alpha value is 0.460. The Labute approximate surface area is 206 Å². The van der Waals surface area contributed by atoms with Gasteiger partial charge < -0.3 is 29.0 Å². The molecule has 6 nitrogen and oxygen atoms in total. The lowest BCUT2D eigenvalue weighted by atomic mass is 10.1. The summed E-state index contributed by atoms with van der Waals surface area (Å²) in [5.41, 5.74) is 0. The molecular weight excluding hydrogens is 446 g/mol. The third-order valence-electron chi connectivity index (χ3n) is 4.19. The van der Waals surface area contributed by atoms with Crippen molar-refractivity contribution in [2.45, 2.75) is 84.0 Å². The number of rotatable bonds is 22. The molecule has 0 aromatic carbocycles. The summed E-state index contributed by atoms with van der Waals surface area (Å²) in [6.45, 7) is 24.1. The molecule has 0 bridgehead atoms. The number of nitrogens with one attached hydrogen (secondary N) is 1. The molecule has 0 fully saturated rings. The average molecular weight is 498 g/mol. The zero-order valence-electron chi connectivity index (χ0n) is 22.0. The van der Waals surface area contributed by atoms with Gasteiger partial charge in [0.1, 0.15) is 4.93 Å². The molecule has 0 saturated carbocycles. The number of hydrogen-bond donors (Lipinski definition) is 1. The van der Waals surface area contributed by atoms with Gasteiger partial charge in [-0.05, 0) is 19.3 Å².